The van der Waals surface area contributed by atoms with E-state index in [0.29, 0.717) is 0 Å². The van der Waals surface area contributed by atoms with Gasteiger partial charge in [0.2, 0.25) is 0 Å². The van der Waals surface area contributed by atoms with Gasteiger partial charge in [-0.3, -0.25) is 0 Å². The third-order valence-electron chi connectivity index (χ3n) is 3.76. The lowest BCUT2D eigenvalue weighted by molar-refractivity contribution is 0.355. The molecule has 1 N–H and O–H groups in total. The smallest absolute Gasteiger partial charge is 0.168 e. The molecule has 0 aliphatic rings. The molecule has 0 aromatic heterocycles. The molecule has 1 unspecified atom stereocenters. The van der Waals surface area contributed by atoms with Crippen molar-refractivity contribution in [2.24, 2.45) is 0 Å². The Morgan fingerprint density at radius 2 is 1.81 bits per heavy atom. The summed E-state index contributed by atoms with van der Waals surface area (Å²) in [5.74, 6) is 1.53. The molecule has 2 aromatic rings. The van der Waals surface area contributed by atoms with Crippen LogP contribution in [0.1, 0.15) is 24.1 Å². The van der Waals surface area contributed by atoms with Crippen LogP contribution in [0.25, 0.3) is 11.1 Å². The van der Waals surface area contributed by atoms with Crippen molar-refractivity contribution in [3.8, 4) is 22.6 Å². The van der Waals surface area contributed by atoms with Crippen LogP contribution in [-0.4, -0.2) is 21.3 Å². The highest BCUT2D eigenvalue weighted by Gasteiger charge is 2.16. The van der Waals surface area contributed by atoms with Crippen LogP contribution in [0.5, 0.6) is 11.5 Å². The summed E-state index contributed by atoms with van der Waals surface area (Å²) in [6.07, 6.45) is 0. The van der Waals surface area contributed by atoms with Gasteiger partial charge < -0.3 is 14.8 Å². The molecule has 0 aliphatic heterocycles. The number of rotatable bonds is 5. The van der Waals surface area contributed by atoms with Crippen molar-refractivity contribution < 1.29 is 9.47 Å². The molecule has 0 fully saturated rings. The highest BCUT2D eigenvalue weighted by Crippen LogP contribution is 2.40. The minimum absolute atomic E-state index is 0.244. The summed E-state index contributed by atoms with van der Waals surface area (Å²) in [5.41, 5.74) is 4.58. The molecule has 3 nitrogen and oxygen atoms in total. The molecule has 112 valence electrons. The molecule has 0 saturated heterocycles. The quantitative estimate of drug-likeness (QED) is 0.902. The fraction of sp³-hybridized carbons (Fsp3) is 0.333. The summed E-state index contributed by atoms with van der Waals surface area (Å²) in [7, 11) is 5.30. The Kier molecular flexibility index (Phi) is 4.86. The lowest BCUT2D eigenvalue weighted by Gasteiger charge is -2.18. The van der Waals surface area contributed by atoms with Crippen molar-refractivity contribution in [2.75, 3.05) is 21.3 Å². The van der Waals surface area contributed by atoms with Crippen molar-refractivity contribution in [2.45, 2.75) is 19.9 Å². The highest BCUT2D eigenvalue weighted by atomic mass is 16.5. The van der Waals surface area contributed by atoms with Gasteiger partial charge in [-0.05, 0) is 44.2 Å². The van der Waals surface area contributed by atoms with Crippen LogP contribution < -0.4 is 14.8 Å². The van der Waals surface area contributed by atoms with Crippen molar-refractivity contribution in [1.29, 1.82) is 0 Å². The van der Waals surface area contributed by atoms with Gasteiger partial charge in [-0.25, -0.2) is 0 Å². The predicted octanol–water partition coefficient (Wildman–Crippen LogP) is 3.96. The van der Waals surface area contributed by atoms with E-state index in [1.54, 1.807) is 14.2 Å². The zero-order valence-electron chi connectivity index (χ0n) is 13.4. The molecular formula is C18H23NO2. The molecule has 2 aromatic carbocycles. The minimum Gasteiger partial charge on any atom is -0.493 e. The van der Waals surface area contributed by atoms with Crippen LogP contribution in [0, 0.1) is 6.92 Å². The second-order valence-electron chi connectivity index (χ2n) is 5.18. The molecule has 0 aliphatic carbocycles. The first kappa shape index (κ1) is 15.4. The largest absolute Gasteiger partial charge is 0.493 e. The predicted molar refractivity (Wildman–Crippen MR) is 87.2 cm³/mol. The SMILES string of the molecule is CNC(C)c1cc(OC)c(OC)c(-c2cccc(C)c2)c1. The number of nitrogens with one attached hydrogen (secondary N) is 1. The third-order valence-corrected chi connectivity index (χ3v) is 3.76. The molecule has 0 radical (unpaired) electrons. The van der Waals surface area contributed by atoms with Gasteiger partial charge in [0.1, 0.15) is 0 Å². The van der Waals surface area contributed by atoms with Gasteiger partial charge >= 0.3 is 0 Å². The first-order chi connectivity index (χ1) is 10.1. The Morgan fingerprint density at radius 1 is 1.05 bits per heavy atom. The topological polar surface area (TPSA) is 30.5 Å². The second kappa shape index (κ2) is 6.64. The summed E-state index contributed by atoms with van der Waals surface area (Å²) in [4.78, 5) is 0. The zero-order chi connectivity index (χ0) is 15.4. The monoisotopic (exact) mass is 285 g/mol. The van der Waals surface area contributed by atoms with Gasteiger partial charge in [0.05, 0.1) is 14.2 Å². The number of ether oxygens (including phenoxy) is 2. The molecule has 0 bridgehead atoms. The second-order valence-corrected chi connectivity index (χ2v) is 5.18. The van der Waals surface area contributed by atoms with Gasteiger partial charge in [-0.1, -0.05) is 29.8 Å². The van der Waals surface area contributed by atoms with E-state index < -0.39 is 0 Å². The summed E-state index contributed by atoms with van der Waals surface area (Å²) in [5, 5.41) is 3.26. The average molecular weight is 285 g/mol. The first-order valence-electron chi connectivity index (χ1n) is 7.11. The molecule has 21 heavy (non-hydrogen) atoms. The molecule has 1 atom stereocenters. The Bertz CT molecular complexity index is 623. The standard InChI is InChI=1S/C18H23NO2/c1-12-7-6-8-14(9-12)16-10-15(13(2)19-3)11-17(20-4)18(16)21-5/h6-11,13,19H,1-5H3. The fourth-order valence-electron chi connectivity index (χ4n) is 2.43. The molecule has 2 rings (SSSR count). The van der Waals surface area contributed by atoms with E-state index in [-0.39, 0.29) is 6.04 Å². The van der Waals surface area contributed by atoms with Crippen LogP contribution in [0.3, 0.4) is 0 Å². The van der Waals surface area contributed by atoms with E-state index in [2.05, 4.69) is 49.5 Å². The maximum atomic E-state index is 5.58. The molecule has 0 saturated carbocycles. The normalized spacial score (nSPS) is 12.0. The number of benzene rings is 2. The van der Waals surface area contributed by atoms with Gasteiger partial charge in [0, 0.05) is 11.6 Å². The van der Waals surface area contributed by atoms with Crippen molar-refractivity contribution in [3.63, 3.8) is 0 Å². The Balaban J connectivity index is 2.66. The van der Waals surface area contributed by atoms with Crippen molar-refractivity contribution >= 4 is 0 Å². The van der Waals surface area contributed by atoms with E-state index in [4.69, 9.17) is 9.47 Å². The summed E-state index contributed by atoms with van der Waals surface area (Å²) in [6.45, 7) is 4.22. The first-order valence-corrected chi connectivity index (χ1v) is 7.11. The summed E-state index contributed by atoms with van der Waals surface area (Å²) >= 11 is 0. The van der Waals surface area contributed by atoms with E-state index in [0.717, 1.165) is 22.6 Å². The van der Waals surface area contributed by atoms with E-state index in [1.807, 2.05) is 13.1 Å². The number of methoxy groups -OCH3 is 2. The van der Waals surface area contributed by atoms with Crippen LogP contribution in [0.4, 0.5) is 0 Å². The highest BCUT2D eigenvalue weighted by molar-refractivity contribution is 5.75. The molecule has 0 amide bonds. The Labute approximate surface area is 126 Å². The maximum absolute atomic E-state index is 5.58. The Morgan fingerprint density at radius 3 is 2.38 bits per heavy atom. The zero-order valence-corrected chi connectivity index (χ0v) is 13.4. The van der Waals surface area contributed by atoms with Crippen molar-refractivity contribution in [3.05, 3.63) is 47.5 Å². The van der Waals surface area contributed by atoms with E-state index in [1.165, 1.54) is 11.1 Å². The Hall–Kier alpha value is -2.00. The number of aryl methyl sites for hydroxylation is 1. The number of hydrogen-bond acceptors (Lipinski definition) is 3. The molecule has 3 heteroatoms. The van der Waals surface area contributed by atoms with Crippen LogP contribution in [0.15, 0.2) is 36.4 Å². The van der Waals surface area contributed by atoms with Gasteiger partial charge in [0.15, 0.2) is 11.5 Å². The van der Waals surface area contributed by atoms with Crippen LogP contribution in [0.2, 0.25) is 0 Å². The van der Waals surface area contributed by atoms with Crippen LogP contribution in [-0.2, 0) is 0 Å². The summed E-state index contributed by atoms with van der Waals surface area (Å²) < 4.78 is 11.1. The lowest BCUT2D eigenvalue weighted by atomic mass is 9.97. The fourth-order valence-corrected chi connectivity index (χ4v) is 2.43. The molecule has 0 spiro atoms. The van der Waals surface area contributed by atoms with Crippen LogP contribution >= 0.6 is 0 Å². The maximum Gasteiger partial charge on any atom is 0.168 e. The minimum atomic E-state index is 0.244. The third kappa shape index (κ3) is 3.19. The van der Waals surface area contributed by atoms with Gasteiger partial charge in [-0.15, -0.1) is 0 Å². The van der Waals surface area contributed by atoms with Gasteiger partial charge in [0.25, 0.3) is 0 Å². The van der Waals surface area contributed by atoms with E-state index >= 15 is 0 Å². The van der Waals surface area contributed by atoms with Gasteiger partial charge in [-0.2, -0.15) is 0 Å². The lowest BCUT2D eigenvalue weighted by Crippen LogP contribution is -2.12. The van der Waals surface area contributed by atoms with Crippen molar-refractivity contribution in [1.82, 2.24) is 5.32 Å². The molecule has 0 heterocycles. The average Bonchev–Trinajstić information content (AvgIpc) is 2.52. The number of hydrogen-bond donors (Lipinski definition) is 1. The van der Waals surface area contributed by atoms with E-state index in [9.17, 15) is 0 Å². The molecular weight excluding hydrogens is 262 g/mol. The summed E-state index contributed by atoms with van der Waals surface area (Å²) in [6, 6.07) is 12.8.